The zero-order valence-corrected chi connectivity index (χ0v) is 13.7. The molecule has 0 spiro atoms. The Morgan fingerprint density at radius 2 is 1.54 bits per heavy atom. The molecule has 4 nitrogen and oxygen atoms in total. The number of hydrogen-bond acceptors (Lipinski definition) is 2. The second-order valence-electron chi connectivity index (χ2n) is 6.49. The molecule has 0 aromatic heterocycles. The van der Waals surface area contributed by atoms with Crippen LogP contribution in [0.25, 0.3) is 0 Å². The number of nitrogens with zero attached hydrogens (tertiary/aromatic N) is 2. The minimum absolute atomic E-state index is 0.0151. The molecule has 2 aromatic rings. The second kappa shape index (κ2) is 5.48. The van der Waals surface area contributed by atoms with Crippen molar-refractivity contribution in [1.82, 2.24) is 9.80 Å². The molecule has 0 saturated carbocycles. The first-order valence-electron chi connectivity index (χ1n) is 8.40. The fourth-order valence-electron chi connectivity index (χ4n) is 4.44. The Balaban J connectivity index is 2.04. The minimum Gasteiger partial charge on any atom is -0.318 e. The fraction of sp³-hybridized carbons (Fsp3) is 0.300. The Kier molecular flexibility index (Phi) is 3.41. The maximum absolute atomic E-state index is 13.0. The Morgan fingerprint density at radius 1 is 1.00 bits per heavy atom. The van der Waals surface area contributed by atoms with Gasteiger partial charge in [-0.25, -0.2) is 9.69 Å². The lowest BCUT2D eigenvalue weighted by Crippen LogP contribution is -2.51. The summed E-state index contributed by atoms with van der Waals surface area (Å²) in [6, 6.07) is 19.7. The van der Waals surface area contributed by atoms with Gasteiger partial charge in [-0.05, 0) is 24.0 Å². The number of urea groups is 1. The van der Waals surface area contributed by atoms with Gasteiger partial charge in [0.2, 0.25) is 5.91 Å². The predicted molar refractivity (Wildman–Crippen MR) is 91.3 cm³/mol. The molecule has 1 atom stereocenters. The highest BCUT2D eigenvalue weighted by Gasteiger charge is 2.61. The summed E-state index contributed by atoms with van der Waals surface area (Å²) in [7, 11) is 0. The van der Waals surface area contributed by atoms with Gasteiger partial charge in [0, 0.05) is 13.5 Å². The molecule has 0 radical (unpaired) electrons. The van der Waals surface area contributed by atoms with E-state index in [0.29, 0.717) is 6.54 Å². The summed E-state index contributed by atoms with van der Waals surface area (Å²) < 4.78 is 0. The molecule has 122 valence electrons. The Morgan fingerprint density at radius 3 is 2.04 bits per heavy atom. The SMILES string of the molecule is CC(=O)N1C(=O)N2CCC[C@H]2C1(c1ccccc1)c1ccccc1. The van der Waals surface area contributed by atoms with E-state index in [0.717, 1.165) is 24.0 Å². The highest BCUT2D eigenvalue weighted by molar-refractivity contribution is 5.98. The van der Waals surface area contributed by atoms with Crippen LogP contribution in [0.15, 0.2) is 60.7 Å². The number of carbonyl (C=O) groups is 2. The van der Waals surface area contributed by atoms with Crippen molar-refractivity contribution in [3.8, 4) is 0 Å². The first-order chi connectivity index (χ1) is 11.7. The standard InChI is InChI=1S/C20H20N2O2/c1-15(23)22-19(24)21-14-8-13-18(21)20(22,16-9-4-2-5-10-16)17-11-6-3-7-12-17/h2-7,9-12,18H,8,13-14H2,1H3/t18-/m0/s1. The quantitative estimate of drug-likeness (QED) is 0.851. The summed E-state index contributed by atoms with van der Waals surface area (Å²) in [5, 5.41) is 0. The molecule has 0 unspecified atom stereocenters. The summed E-state index contributed by atoms with van der Waals surface area (Å²) in [6.07, 6.45) is 1.88. The summed E-state index contributed by atoms with van der Waals surface area (Å²) in [5.74, 6) is -0.206. The van der Waals surface area contributed by atoms with Gasteiger partial charge in [0.05, 0.1) is 6.04 Å². The van der Waals surface area contributed by atoms with Crippen molar-refractivity contribution < 1.29 is 9.59 Å². The van der Waals surface area contributed by atoms with E-state index >= 15 is 0 Å². The van der Waals surface area contributed by atoms with Crippen LogP contribution >= 0.6 is 0 Å². The maximum Gasteiger partial charge on any atom is 0.328 e. The highest BCUT2D eigenvalue weighted by Crippen LogP contribution is 2.50. The molecule has 2 heterocycles. The number of carbonyl (C=O) groups excluding carboxylic acids is 2. The van der Waals surface area contributed by atoms with Crippen molar-refractivity contribution in [1.29, 1.82) is 0 Å². The lowest BCUT2D eigenvalue weighted by molar-refractivity contribution is -0.129. The van der Waals surface area contributed by atoms with Crippen LogP contribution in [0.4, 0.5) is 4.79 Å². The Hall–Kier alpha value is -2.62. The lowest BCUT2D eigenvalue weighted by Gasteiger charge is -2.40. The summed E-state index contributed by atoms with van der Waals surface area (Å²) in [5.41, 5.74) is 1.24. The molecule has 2 aliphatic heterocycles. The van der Waals surface area contributed by atoms with E-state index in [1.54, 1.807) is 0 Å². The van der Waals surface area contributed by atoms with Crippen LogP contribution in [0, 0.1) is 0 Å². The van der Waals surface area contributed by atoms with Gasteiger partial charge < -0.3 is 4.90 Å². The molecule has 0 bridgehead atoms. The topological polar surface area (TPSA) is 40.6 Å². The van der Waals surface area contributed by atoms with Crippen LogP contribution in [0.3, 0.4) is 0 Å². The summed E-state index contributed by atoms with van der Waals surface area (Å²) in [6.45, 7) is 2.20. The molecular formula is C20H20N2O2. The van der Waals surface area contributed by atoms with Crippen molar-refractivity contribution in [2.45, 2.75) is 31.3 Å². The van der Waals surface area contributed by atoms with E-state index in [2.05, 4.69) is 0 Å². The molecule has 2 saturated heterocycles. The first-order valence-corrected chi connectivity index (χ1v) is 8.40. The molecular weight excluding hydrogens is 300 g/mol. The average molecular weight is 320 g/mol. The highest BCUT2D eigenvalue weighted by atomic mass is 16.2. The number of imide groups is 1. The van der Waals surface area contributed by atoms with E-state index in [-0.39, 0.29) is 18.0 Å². The van der Waals surface area contributed by atoms with Crippen molar-refractivity contribution in [3.05, 3.63) is 71.8 Å². The van der Waals surface area contributed by atoms with Gasteiger partial charge in [-0.1, -0.05) is 60.7 Å². The Labute approximate surface area is 141 Å². The fourth-order valence-corrected chi connectivity index (χ4v) is 4.44. The van der Waals surface area contributed by atoms with Gasteiger partial charge in [-0.15, -0.1) is 0 Å². The molecule has 2 aromatic carbocycles. The van der Waals surface area contributed by atoms with Gasteiger partial charge in [0.15, 0.2) is 0 Å². The van der Waals surface area contributed by atoms with Crippen molar-refractivity contribution in [2.24, 2.45) is 0 Å². The first kappa shape index (κ1) is 14.9. The van der Waals surface area contributed by atoms with Crippen LogP contribution in [0.1, 0.15) is 30.9 Å². The van der Waals surface area contributed by atoms with Crippen LogP contribution in [-0.4, -0.2) is 34.3 Å². The third-order valence-electron chi connectivity index (χ3n) is 5.27. The number of amides is 3. The number of fused-ring (bicyclic) bond motifs is 1. The molecule has 4 rings (SSSR count). The van der Waals surface area contributed by atoms with Crippen LogP contribution in [-0.2, 0) is 10.3 Å². The van der Waals surface area contributed by atoms with Gasteiger partial charge in [0.1, 0.15) is 5.54 Å². The zero-order valence-electron chi connectivity index (χ0n) is 13.7. The lowest BCUT2D eigenvalue weighted by atomic mass is 9.75. The monoisotopic (exact) mass is 320 g/mol. The molecule has 0 N–H and O–H groups in total. The molecule has 0 aliphatic carbocycles. The average Bonchev–Trinajstić information content (AvgIpc) is 3.18. The van der Waals surface area contributed by atoms with E-state index < -0.39 is 5.54 Å². The van der Waals surface area contributed by atoms with E-state index in [1.165, 1.54) is 11.8 Å². The zero-order chi connectivity index (χ0) is 16.7. The maximum atomic E-state index is 13.0. The normalized spacial score (nSPS) is 21.9. The van der Waals surface area contributed by atoms with E-state index in [9.17, 15) is 9.59 Å². The predicted octanol–water partition coefficient (Wildman–Crippen LogP) is 3.38. The number of hydrogen-bond donors (Lipinski definition) is 0. The summed E-state index contributed by atoms with van der Waals surface area (Å²) in [4.78, 5) is 28.9. The van der Waals surface area contributed by atoms with Gasteiger partial charge >= 0.3 is 6.03 Å². The smallest absolute Gasteiger partial charge is 0.318 e. The molecule has 3 amide bonds. The van der Waals surface area contributed by atoms with Crippen LogP contribution in [0.5, 0.6) is 0 Å². The van der Waals surface area contributed by atoms with E-state index in [1.807, 2.05) is 65.6 Å². The van der Waals surface area contributed by atoms with Crippen molar-refractivity contribution in [2.75, 3.05) is 6.54 Å². The molecule has 2 fully saturated rings. The van der Waals surface area contributed by atoms with E-state index in [4.69, 9.17) is 0 Å². The third kappa shape index (κ3) is 1.86. The van der Waals surface area contributed by atoms with Crippen LogP contribution in [0.2, 0.25) is 0 Å². The summed E-state index contributed by atoms with van der Waals surface area (Å²) >= 11 is 0. The second-order valence-corrected chi connectivity index (χ2v) is 6.49. The third-order valence-corrected chi connectivity index (χ3v) is 5.27. The molecule has 4 heteroatoms. The molecule has 24 heavy (non-hydrogen) atoms. The van der Waals surface area contributed by atoms with Gasteiger partial charge in [-0.2, -0.15) is 0 Å². The number of rotatable bonds is 2. The van der Waals surface area contributed by atoms with Gasteiger partial charge in [-0.3, -0.25) is 4.79 Å². The molecule has 2 aliphatic rings. The Bertz CT molecular complexity index is 733. The van der Waals surface area contributed by atoms with Gasteiger partial charge in [0.25, 0.3) is 0 Å². The van der Waals surface area contributed by atoms with Crippen LogP contribution < -0.4 is 0 Å². The largest absolute Gasteiger partial charge is 0.328 e. The van der Waals surface area contributed by atoms with Crippen molar-refractivity contribution >= 4 is 11.9 Å². The minimum atomic E-state index is -0.748. The number of benzene rings is 2. The van der Waals surface area contributed by atoms with Crippen molar-refractivity contribution in [3.63, 3.8) is 0 Å².